The van der Waals surface area contributed by atoms with Gasteiger partial charge in [-0.05, 0) is 50.3 Å². The molecule has 0 N–H and O–H groups in total. The van der Waals surface area contributed by atoms with Crippen molar-refractivity contribution in [1.82, 2.24) is 9.88 Å². The van der Waals surface area contributed by atoms with Gasteiger partial charge >= 0.3 is 0 Å². The highest BCUT2D eigenvalue weighted by Crippen LogP contribution is 2.29. The van der Waals surface area contributed by atoms with Gasteiger partial charge in [0.1, 0.15) is 5.82 Å². The van der Waals surface area contributed by atoms with Crippen LogP contribution in [-0.2, 0) is 0 Å². The summed E-state index contributed by atoms with van der Waals surface area (Å²) in [6.45, 7) is 7.47. The second-order valence-electron chi connectivity index (χ2n) is 6.84. The lowest BCUT2D eigenvalue weighted by molar-refractivity contribution is 0.0982. The number of hydrogen-bond donors (Lipinski definition) is 0. The van der Waals surface area contributed by atoms with E-state index in [1.165, 1.54) is 23.5 Å². The number of thiazole rings is 1. The third kappa shape index (κ3) is 6.50. The lowest BCUT2D eigenvalue weighted by Gasteiger charge is -2.23. The van der Waals surface area contributed by atoms with Gasteiger partial charge in [-0.3, -0.25) is 9.69 Å². The fourth-order valence-corrected chi connectivity index (χ4v) is 4.18. The predicted octanol–water partition coefficient (Wildman–Crippen LogP) is 6.40. The van der Waals surface area contributed by atoms with Gasteiger partial charge in [-0.1, -0.05) is 49.7 Å². The maximum atomic E-state index is 14.3. The number of amides is 1. The van der Waals surface area contributed by atoms with E-state index in [-0.39, 0.29) is 23.9 Å². The normalized spacial score (nSPS) is 10.7. The molecule has 0 bridgehead atoms. The summed E-state index contributed by atoms with van der Waals surface area (Å²) >= 11 is 7.36. The molecule has 3 rings (SSSR count). The van der Waals surface area contributed by atoms with Crippen LogP contribution < -0.4 is 4.90 Å². The molecule has 0 aliphatic carbocycles. The van der Waals surface area contributed by atoms with E-state index in [1.54, 1.807) is 17.0 Å². The third-order valence-electron chi connectivity index (χ3n) is 4.96. The van der Waals surface area contributed by atoms with Crippen molar-refractivity contribution in [3.8, 4) is 11.3 Å². The maximum absolute atomic E-state index is 14.3. The zero-order valence-electron chi connectivity index (χ0n) is 17.6. The molecule has 0 aliphatic rings. The van der Waals surface area contributed by atoms with Gasteiger partial charge in [0.05, 0.1) is 11.3 Å². The Kier molecular flexibility index (Phi) is 9.91. The lowest BCUT2D eigenvalue weighted by Crippen LogP contribution is -2.35. The minimum atomic E-state index is -0.522. The minimum absolute atomic E-state index is 0. The van der Waals surface area contributed by atoms with Gasteiger partial charge in [0, 0.05) is 22.5 Å². The van der Waals surface area contributed by atoms with E-state index in [2.05, 4.69) is 23.7 Å². The van der Waals surface area contributed by atoms with Crippen LogP contribution in [0.4, 0.5) is 9.52 Å². The van der Waals surface area contributed by atoms with E-state index in [1.807, 2.05) is 29.6 Å². The van der Waals surface area contributed by atoms with Crippen LogP contribution >= 0.6 is 35.3 Å². The van der Waals surface area contributed by atoms with E-state index < -0.39 is 5.82 Å². The van der Waals surface area contributed by atoms with Crippen molar-refractivity contribution in [2.45, 2.75) is 20.3 Å². The average Bonchev–Trinajstić information content (AvgIpc) is 3.24. The molecule has 4 nitrogen and oxygen atoms in total. The summed E-state index contributed by atoms with van der Waals surface area (Å²) in [7, 11) is 0. The van der Waals surface area contributed by atoms with Crippen molar-refractivity contribution in [3.05, 3.63) is 70.3 Å². The van der Waals surface area contributed by atoms with Crippen LogP contribution in [0.2, 0.25) is 5.02 Å². The molecule has 0 saturated carbocycles. The summed E-state index contributed by atoms with van der Waals surface area (Å²) in [5.74, 6) is -0.893. The average molecular weight is 482 g/mol. The first-order valence-electron chi connectivity index (χ1n) is 10.0. The maximum Gasteiger partial charge on any atom is 0.263 e. The second kappa shape index (κ2) is 12.2. The fourth-order valence-electron chi connectivity index (χ4n) is 3.20. The Morgan fingerprint density at radius 1 is 1.06 bits per heavy atom. The van der Waals surface area contributed by atoms with E-state index in [9.17, 15) is 9.18 Å². The first kappa shape index (κ1) is 25.3. The molecule has 2 aromatic carbocycles. The molecule has 1 aromatic heterocycles. The number of carbonyl (C=O) groups is 1. The highest BCUT2D eigenvalue weighted by atomic mass is 35.5. The Morgan fingerprint density at radius 2 is 1.74 bits per heavy atom. The van der Waals surface area contributed by atoms with Crippen LogP contribution in [0.5, 0.6) is 0 Å². The van der Waals surface area contributed by atoms with Gasteiger partial charge < -0.3 is 4.90 Å². The summed E-state index contributed by atoms with van der Waals surface area (Å²) in [6, 6.07) is 13.5. The Bertz CT molecular complexity index is 977. The summed E-state index contributed by atoms with van der Waals surface area (Å²) < 4.78 is 14.3. The van der Waals surface area contributed by atoms with Gasteiger partial charge in [-0.2, -0.15) is 0 Å². The van der Waals surface area contributed by atoms with Crippen LogP contribution in [0, 0.1) is 5.82 Å². The number of halogens is 3. The molecule has 0 aliphatic heterocycles. The second-order valence-corrected chi connectivity index (χ2v) is 8.11. The van der Waals surface area contributed by atoms with Crippen molar-refractivity contribution >= 4 is 46.4 Å². The number of anilines is 1. The zero-order valence-corrected chi connectivity index (χ0v) is 19.9. The molecule has 0 saturated heterocycles. The number of rotatable bonds is 9. The fraction of sp³-hybridized carbons (Fsp3) is 0.304. The molecule has 0 unspecified atom stereocenters. The molecule has 1 heterocycles. The largest absolute Gasteiger partial charge is 0.304 e. The Labute approximate surface area is 198 Å². The van der Waals surface area contributed by atoms with Crippen molar-refractivity contribution in [2.24, 2.45) is 0 Å². The van der Waals surface area contributed by atoms with Crippen LogP contribution in [-0.4, -0.2) is 42.0 Å². The van der Waals surface area contributed by atoms with Crippen LogP contribution in [0.3, 0.4) is 0 Å². The molecule has 0 spiro atoms. The van der Waals surface area contributed by atoms with E-state index in [0.29, 0.717) is 16.7 Å². The summed E-state index contributed by atoms with van der Waals surface area (Å²) in [5, 5.41) is 3.12. The van der Waals surface area contributed by atoms with Crippen molar-refractivity contribution in [1.29, 1.82) is 0 Å². The van der Waals surface area contributed by atoms with E-state index in [0.717, 1.165) is 37.3 Å². The number of aromatic nitrogens is 1. The molecular formula is C23H26Cl2FN3OS. The highest BCUT2D eigenvalue weighted by molar-refractivity contribution is 7.14. The molecule has 0 atom stereocenters. The topological polar surface area (TPSA) is 36.4 Å². The van der Waals surface area contributed by atoms with Crippen LogP contribution in [0.25, 0.3) is 11.3 Å². The SMILES string of the molecule is CCN(CC)CCCN(C(=O)c1ccccc1F)c1nc(-c2ccc(Cl)cc2)cs1.Cl. The van der Waals surface area contributed by atoms with Crippen molar-refractivity contribution < 1.29 is 9.18 Å². The van der Waals surface area contributed by atoms with Crippen LogP contribution in [0.15, 0.2) is 53.9 Å². The number of nitrogens with zero attached hydrogens (tertiary/aromatic N) is 3. The smallest absolute Gasteiger partial charge is 0.263 e. The Hall–Kier alpha value is -1.99. The first-order chi connectivity index (χ1) is 14.5. The molecule has 0 fully saturated rings. The summed E-state index contributed by atoms with van der Waals surface area (Å²) in [5.41, 5.74) is 1.74. The molecule has 166 valence electrons. The number of benzene rings is 2. The van der Waals surface area contributed by atoms with Gasteiger partial charge in [0.2, 0.25) is 0 Å². The molecule has 1 amide bonds. The van der Waals surface area contributed by atoms with E-state index in [4.69, 9.17) is 11.6 Å². The summed E-state index contributed by atoms with van der Waals surface area (Å²) in [4.78, 5) is 21.7. The van der Waals surface area contributed by atoms with Gasteiger partial charge in [-0.25, -0.2) is 9.37 Å². The lowest BCUT2D eigenvalue weighted by atomic mass is 10.2. The number of hydrogen-bond acceptors (Lipinski definition) is 4. The molecule has 8 heteroatoms. The molecule has 31 heavy (non-hydrogen) atoms. The first-order valence-corrected chi connectivity index (χ1v) is 11.3. The summed E-state index contributed by atoms with van der Waals surface area (Å²) in [6.07, 6.45) is 0.776. The molecule has 3 aromatic rings. The van der Waals surface area contributed by atoms with E-state index >= 15 is 0 Å². The zero-order chi connectivity index (χ0) is 21.5. The van der Waals surface area contributed by atoms with Crippen molar-refractivity contribution in [3.63, 3.8) is 0 Å². The molecular weight excluding hydrogens is 456 g/mol. The van der Waals surface area contributed by atoms with Gasteiger partial charge in [-0.15, -0.1) is 23.7 Å². The minimum Gasteiger partial charge on any atom is -0.304 e. The third-order valence-corrected chi connectivity index (χ3v) is 6.08. The van der Waals surface area contributed by atoms with Crippen molar-refractivity contribution in [2.75, 3.05) is 31.1 Å². The predicted molar refractivity (Wildman–Crippen MR) is 130 cm³/mol. The Balaban J connectivity index is 0.00000341. The quantitative estimate of drug-likeness (QED) is 0.354. The standard InChI is InChI=1S/C23H25ClFN3OS.ClH/c1-3-27(4-2)14-7-15-28(22(29)19-8-5-6-9-20(19)25)23-26-21(16-30-23)17-10-12-18(24)13-11-17;/h5-6,8-13,16H,3-4,7,14-15H2,1-2H3;1H. The van der Waals surface area contributed by atoms with Gasteiger partial charge in [0.25, 0.3) is 5.91 Å². The van der Waals surface area contributed by atoms with Gasteiger partial charge in [0.15, 0.2) is 5.13 Å². The monoisotopic (exact) mass is 481 g/mol. The number of carbonyl (C=O) groups excluding carboxylic acids is 1. The molecule has 0 radical (unpaired) electrons. The highest BCUT2D eigenvalue weighted by Gasteiger charge is 2.23. The Morgan fingerprint density at radius 3 is 2.39 bits per heavy atom. The van der Waals surface area contributed by atoms with Crippen LogP contribution in [0.1, 0.15) is 30.6 Å².